The minimum atomic E-state index is -0.780. The molecule has 2 fully saturated rings. The van der Waals surface area contributed by atoms with Crippen molar-refractivity contribution in [3.63, 3.8) is 0 Å². The first-order chi connectivity index (χ1) is 12.5. The molecule has 2 aliphatic heterocycles. The predicted molar refractivity (Wildman–Crippen MR) is 100 cm³/mol. The molecule has 5 unspecified atom stereocenters. The second kappa shape index (κ2) is 7.00. The van der Waals surface area contributed by atoms with Crippen LogP contribution in [0.15, 0.2) is 53.0 Å². The third-order valence-electron chi connectivity index (χ3n) is 5.34. The zero-order valence-electron chi connectivity index (χ0n) is 13.9. The van der Waals surface area contributed by atoms with Gasteiger partial charge in [0.25, 0.3) is 0 Å². The summed E-state index contributed by atoms with van der Waals surface area (Å²) in [6, 6.07) is 14.7. The van der Waals surface area contributed by atoms with Crippen LogP contribution < -0.4 is 16.2 Å². The number of phenolic OH excluding ortho intramolecular Hbond substituents is 1. The smallest absolute Gasteiger partial charge is 0.307 e. The molecular weight excluding hydrogens is 398 g/mol. The van der Waals surface area contributed by atoms with E-state index in [-0.39, 0.29) is 29.9 Å². The summed E-state index contributed by atoms with van der Waals surface area (Å²) in [5.74, 6) is -1.18. The van der Waals surface area contributed by atoms with E-state index in [4.69, 9.17) is 0 Å². The molecule has 0 amide bonds. The van der Waals surface area contributed by atoms with Crippen molar-refractivity contribution >= 4 is 21.9 Å². The standard InChI is InChI=1S/C19H20BrN3O3/c20-12-5-1-11(2-6-12)17-16-14(19(25)26)9-15(21-18(16)23-22-17)10-3-7-13(24)8-4-10/h1-8,14-18,21-24H,9H2,(H,25,26). The molecule has 2 heterocycles. The van der Waals surface area contributed by atoms with Crippen LogP contribution in [-0.2, 0) is 4.79 Å². The largest absolute Gasteiger partial charge is 0.508 e. The van der Waals surface area contributed by atoms with Crippen molar-refractivity contribution in [3.05, 3.63) is 64.1 Å². The van der Waals surface area contributed by atoms with Gasteiger partial charge in [0, 0.05) is 16.4 Å². The monoisotopic (exact) mass is 417 g/mol. The minimum Gasteiger partial charge on any atom is -0.508 e. The van der Waals surface area contributed by atoms with Crippen molar-refractivity contribution < 1.29 is 15.0 Å². The first kappa shape index (κ1) is 17.5. The highest BCUT2D eigenvalue weighted by atomic mass is 79.9. The van der Waals surface area contributed by atoms with Crippen LogP contribution >= 0.6 is 15.9 Å². The van der Waals surface area contributed by atoms with Gasteiger partial charge in [0.2, 0.25) is 0 Å². The van der Waals surface area contributed by atoms with Crippen LogP contribution in [0.4, 0.5) is 0 Å². The van der Waals surface area contributed by atoms with Crippen LogP contribution in [0.25, 0.3) is 0 Å². The van der Waals surface area contributed by atoms with Crippen molar-refractivity contribution in [2.75, 3.05) is 0 Å². The Balaban J connectivity index is 1.61. The van der Waals surface area contributed by atoms with Crippen LogP contribution in [0.3, 0.4) is 0 Å². The van der Waals surface area contributed by atoms with E-state index in [1.54, 1.807) is 12.1 Å². The van der Waals surface area contributed by atoms with Crippen molar-refractivity contribution in [2.24, 2.45) is 11.8 Å². The first-order valence-electron chi connectivity index (χ1n) is 8.57. The number of carbonyl (C=O) groups is 1. The number of fused-ring (bicyclic) bond motifs is 1. The highest BCUT2D eigenvalue weighted by Crippen LogP contribution is 2.42. The van der Waals surface area contributed by atoms with Gasteiger partial charge in [-0.25, -0.2) is 10.9 Å². The molecule has 2 aromatic carbocycles. The molecule has 0 radical (unpaired) electrons. The molecule has 7 heteroatoms. The Bertz CT molecular complexity index is 797. The number of aromatic hydroxyl groups is 1. The average molecular weight is 418 g/mol. The van der Waals surface area contributed by atoms with E-state index < -0.39 is 11.9 Å². The fourth-order valence-corrected chi connectivity index (χ4v) is 4.32. The molecule has 5 N–H and O–H groups in total. The third kappa shape index (κ3) is 3.23. The number of halogens is 1. The van der Waals surface area contributed by atoms with Crippen LogP contribution in [0.5, 0.6) is 5.75 Å². The summed E-state index contributed by atoms with van der Waals surface area (Å²) in [4.78, 5) is 12.0. The fourth-order valence-electron chi connectivity index (χ4n) is 4.06. The lowest BCUT2D eigenvalue weighted by atomic mass is 9.75. The van der Waals surface area contributed by atoms with Gasteiger partial charge in [-0.15, -0.1) is 0 Å². The SMILES string of the molecule is O=C(O)C1CC(c2ccc(O)cc2)NC2NNC(c3ccc(Br)cc3)C21. The topological polar surface area (TPSA) is 93.6 Å². The van der Waals surface area contributed by atoms with Crippen molar-refractivity contribution in [1.29, 1.82) is 0 Å². The zero-order chi connectivity index (χ0) is 18.3. The maximum Gasteiger partial charge on any atom is 0.307 e. The molecule has 2 saturated heterocycles. The molecule has 0 aliphatic carbocycles. The second-order valence-electron chi connectivity index (χ2n) is 6.86. The van der Waals surface area contributed by atoms with Gasteiger partial charge in [-0.05, 0) is 41.8 Å². The number of carboxylic acid groups (broad SMARTS) is 1. The maximum absolute atomic E-state index is 12.0. The number of benzene rings is 2. The third-order valence-corrected chi connectivity index (χ3v) is 5.87. The molecule has 136 valence electrons. The highest BCUT2D eigenvalue weighted by molar-refractivity contribution is 9.10. The van der Waals surface area contributed by atoms with E-state index in [9.17, 15) is 15.0 Å². The van der Waals surface area contributed by atoms with Gasteiger partial charge >= 0.3 is 5.97 Å². The lowest BCUT2D eigenvalue weighted by molar-refractivity contribution is -0.146. The summed E-state index contributed by atoms with van der Waals surface area (Å²) in [6.45, 7) is 0. The van der Waals surface area contributed by atoms with E-state index >= 15 is 0 Å². The van der Waals surface area contributed by atoms with Crippen molar-refractivity contribution in [3.8, 4) is 5.75 Å². The summed E-state index contributed by atoms with van der Waals surface area (Å²) in [5, 5.41) is 22.9. The summed E-state index contributed by atoms with van der Waals surface area (Å²) in [7, 11) is 0. The Morgan fingerprint density at radius 3 is 2.31 bits per heavy atom. The van der Waals surface area contributed by atoms with E-state index in [2.05, 4.69) is 32.1 Å². The summed E-state index contributed by atoms with van der Waals surface area (Å²) < 4.78 is 0.993. The molecule has 0 saturated carbocycles. The lowest BCUT2D eigenvalue weighted by Gasteiger charge is -2.39. The molecule has 0 spiro atoms. The fraction of sp³-hybridized carbons (Fsp3) is 0.316. The Kier molecular flexibility index (Phi) is 4.71. The number of rotatable bonds is 3. The van der Waals surface area contributed by atoms with Crippen LogP contribution in [-0.4, -0.2) is 22.3 Å². The second-order valence-corrected chi connectivity index (χ2v) is 7.78. The van der Waals surface area contributed by atoms with Gasteiger partial charge in [0.05, 0.1) is 18.1 Å². The Morgan fingerprint density at radius 2 is 1.65 bits per heavy atom. The van der Waals surface area contributed by atoms with Gasteiger partial charge < -0.3 is 10.2 Å². The Morgan fingerprint density at radius 1 is 1.00 bits per heavy atom. The summed E-state index contributed by atoms with van der Waals surface area (Å²) in [6.07, 6.45) is 0.342. The molecule has 5 atom stereocenters. The van der Waals surface area contributed by atoms with Gasteiger partial charge in [-0.1, -0.05) is 40.2 Å². The van der Waals surface area contributed by atoms with Crippen molar-refractivity contribution in [2.45, 2.75) is 24.7 Å². The molecule has 4 rings (SSSR count). The van der Waals surface area contributed by atoms with E-state index in [1.807, 2.05) is 36.4 Å². The molecule has 0 aromatic heterocycles. The number of piperidine rings is 1. The first-order valence-corrected chi connectivity index (χ1v) is 9.36. The van der Waals surface area contributed by atoms with Crippen LogP contribution in [0.1, 0.15) is 29.6 Å². The number of hydrazine groups is 1. The number of phenols is 1. The minimum absolute atomic E-state index is 0.0810. The quantitative estimate of drug-likeness (QED) is 0.527. The van der Waals surface area contributed by atoms with E-state index in [0.717, 1.165) is 15.6 Å². The molecule has 2 aromatic rings. The Hall–Kier alpha value is -1.93. The number of nitrogens with one attached hydrogen (secondary N) is 3. The number of aliphatic carboxylic acids is 1. The van der Waals surface area contributed by atoms with E-state index in [1.165, 1.54) is 0 Å². The van der Waals surface area contributed by atoms with Crippen LogP contribution in [0.2, 0.25) is 0 Å². The molecule has 26 heavy (non-hydrogen) atoms. The molecule has 0 bridgehead atoms. The highest BCUT2D eigenvalue weighted by Gasteiger charge is 2.49. The summed E-state index contributed by atoms with van der Waals surface area (Å²) in [5.41, 5.74) is 8.53. The van der Waals surface area contributed by atoms with Gasteiger partial charge in [-0.3, -0.25) is 10.1 Å². The zero-order valence-corrected chi connectivity index (χ0v) is 15.5. The van der Waals surface area contributed by atoms with Gasteiger partial charge in [-0.2, -0.15) is 0 Å². The number of carboxylic acids is 1. The molecular formula is C19H20BrN3O3. The van der Waals surface area contributed by atoms with Crippen molar-refractivity contribution in [1.82, 2.24) is 16.2 Å². The summed E-state index contributed by atoms with van der Waals surface area (Å²) >= 11 is 3.44. The molecule has 2 aliphatic rings. The Labute approximate surface area is 159 Å². The molecule has 6 nitrogen and oxygen atoms in total. The lowest BCUT2D eigenvalue weighted by Crippen LogP contribution is -2.53. The normalized spacial score (nSPS) is 30.7. The van der Waals surface area contributed by atoms with Crippen LogP contribution in [0, 0.1) is 11.8 Å². The number of hydrogen-bond acceptors (Lipinski definition) is 5. The average Bonchev–Trinajstić information content (AvgIpc) is 3.06. The maximum atomic E-state index is 12.0. The predicted octanol–water partition coefficient (Wildman–Crippen LogP) is 2.68. The van der Waals surface area contributed by atoms with Gasteiger partial charge in [0.15, 0.2) is 0 Å². The van der Waals surface area contributed by atoms with Gasteiger partial charge in [0.1, 0.15) is 5.75 Å². The number of hydrogen-bond donors (Lipinski definition) is 5. The van der Waals surface area contributed by atoms with E-state index in [0.29, 0.717) is 6.42 Å².